The molecule has 0 aliphatic heterocycles. The van der Waals surface area contributed by atoms with Gasteiger partial charge in [0, 0.05) is 12.4 Å². The van der Waals surface area contributed by atoms with Gasteiger partial charge in [0.1, 0.15) is 0 Å². The van der Waals surface area contributed by atoms with Crippen molar-refractivity contribution in [2.45, 2.75) is 6.92 Å². The Morgan fingerprint density at radius 1 is 1.50 bits per heavy atom. The van der Waals surface area contributed by atoms with Crippen LogP contribution in [0.5, 0.6) is 0 Å². The van der Waals surface area contributed by atoms with Gasteiger partial charge in [-0.1, -0.05) is 12.1 Å². The van der Waals surface area contributed by atoms with E-state index in [9.17, 15) is 4.79 Å². The zero-order valence-corrected chi connectivity index (χ0v) is 8.82. The SMILES string of the molecule is Cc1cccc(C(N)=O)c1Nc1ncc[nH]1. The number of benzene rings is 1. The first-order valence-corrected chi connectivity index (χ1v) is 4.84. The fourth-order valence-corrected chi connectivity index (χ4v) is 1.49. The minimum Gasteiger partial charge on any atom is -0.366 e. The second kappa shape index (κ2) is 4.06. The van der Waals surface area contributed by atoms with Crippen LogP contribution < -0.4 is 11.1 Å². The molecule has 1 heterocycles. The van der Waals surface area contributed by atoms with Crippen LogP contribution in [0.4, 0.5) is 11.6 Å². The summed E-state index contributed by atoms with van der Waals surface area (Å²) < 4.78 is 0. The lowest BCUT2D eigenvalue weighted by atomic mass is 10.1. The second-order valence-corrected chi connectivity index (χ2v) is 3.42. The summed E-state index contributed by atoms with van der Waals surface area (Å²) in [6, 6.07) is 5.38. The maximum absolute atomic E-state index is 11.3. The number of hydrogen-bond acceptors (Lipinski definition) is 3. The fourth-order valence-electron chi connectivity index (χ4n) is 1.49. The zero-order valence-electron chi connectivity index (χ0n) is 8.82. The molecule has 0 spiro atoms. The Hall–Kier alpha value is -2.30. The average molecular weight is 216 g/mol. The first-order valence-electron chi connectivity index (χ1n) is 4.84. The van der Waals surface area contributed by atoms with Crippen molar-refractivity contribution in [1.82, 2.24) is 9.97 Å². The Bertz CT molecular complexity index is 505. The summed E-state index contributed by atoms with van der Waals surface area (Å²) in [7, 11) is 0. The molecular weight excluding hydrogens is 204 g/mol. The highest BCUT2D eigenvalue weighted by molar-refractivity contribution is 5.99. The van der Waals surface area contributed by atoms with Gasteiger partial charge in [-0.2, -0.15) is 0 Å². The number of aryl methyl sites for hydroxylation is 1. The third kappa shape index (κ3) is 1.88. The number of carbonyl (C=O) groups is 1. The molecule has 1 aromatic carbocycles. The first-order chi connectivity index (χ1) is 7.68. The molecule has 0 saturated heterocycles. The van der Waals surface area contributed by atoms with Crippen LogP contribution in [0.15, 0.2) is 30.6 Å². The predicted molar refractivity (Wildman–Crippen MR) is 61.6 cm³/mol. The van der Waals surface area contributed by atoms with Crippen molar-refractivity contribution < 1.29 is 4.79 Å². The van der Waals surface area contributed by atoms with E-state index < -0.39 is 5.91 Å². The third-order valence-electron chi connectivity index (χ3n) is 2.28. The van der Waals surface area contributed by atoms with Crippen LogP contribution in [0.3, 0.4) is 0 Å². The minimum atomic E-state index is -0.460. The maximum atomic E-state index is 11.3. The summed E-state index contributed by atoms with van der Waals surface area (Å²) in [5, 5.41) is 3.03. The molecule has 0 aliphatic rings. The van der Waals surface area contributed by atoms with Crippen molar-refractivity contribution in [3.63, 3.8) is 0 Å². The number of nitrogens with one attached hydrogen (secondary N) is 2. The highest BCUT2D eigenvalue weighted by Gasteiger charge is 2.10. The number of rotatable bonds is 3. The molecule has 2 rings (SSSR count). The zero-order chi connectivity index (χ0) is 11.5. The third-order valence-corrected chi connectivity index (χ3v) is 2.28. The molecule has 5 heteroatoms. The summed E-state index contributed by atoms with van der Waals surface area (Å²) in [6.45, 7) is 1.90. The summed E-state index contributed by atoms with van der Waals surface area (Å²) in [5.41, 5.74) is 7.38. The van der Waals surface area contributed by atoms with Crippen molar-refractivity contribution in [2.75, 3.05) is 5.32 Å². The number of anilines is 2. The number of primary amides is 1. The van der Waals surface area contributed by atoms with Crippen LogP contribution in [0, 0.1) is 6.92 Å². The molecular formula is C11H12N4O. The van der Waals surface area contributed by atoms with Crippen LogP contribution >= 0.6 is 0 Å². The van der Waals surface area contributed by atoms with Crippen LogP contribution in [-0.4, -0.2) is 15.9 Å². The van der Waals surface area contributed by atoms with Gasteiger partial charge < -0.3 is 16.0 Å². The number of nitrogens with zero attached hydrogens (tertiary/aromatic N) is 1. The van der Waals surface area contributed by atoms with E-state index in [1.54, 1.807) is 24.5 Å². The summed E-state index contributed by atoms with van der Waals surface area (Å²) >= 11 is 0. The van der Waals surface area contributed by atoms with Gasteiger partial charge in [-0.25, -0.2) is 4.98 Å². The number of hydrogen-bond donors (Lipinski definition) is 3. The number of aromatic amines is 1. The molecule has 4 N–H and O–H groups in total. The molecule has 0 bridgehead atoms. The molecule has 0 fully saturated rings. The normalized spacial score (nSPS) is 10.1. The highest BCUT2D eigenvalue weighted by Crippen LogP contribution is 2.22. The van der Waals surface area contributed by atoms with Gasteiger partial charge >= 0.3 is 0 Å². The predicted octanol–water partition coefficient (Wildman–Crippen LogP) is 1.56. The molecule has 0 radical (unpaired) electrons. The van der Waals surface area contributed by atoms with E-state index in [2.05, 4.69) is 15.3 Å². The summed E-state index contributed by atoms with van der Waals surface area (Å²) in [5.74, 6) is 0.120. The molecule has 1 amide bonds. The maximum Gasteiger partial charge on any atom is 0.250 e. The Balaban J connectivity index is 2.42. The number of carbonyl (C=O) groups excluding carboxylic acids is 1. The van der Waals surface area contributed by atoms with Crippen molar-refractivity contribution in [3.05, 3.63) is 41.7 Å². The molecule has 0 atom stereocenters. The number of imidazole rings is 1. The molecule has 0 saturated carbocycles. The number of nitrogens with two attached hydrogens (primary N) is 1. The lowest BCUT2D eigenvalue weighted by Gasteiger charge is -2.10. The lowest BCUT2D eigenvalue weighted by Crippen LogP contribution is -2.14. The standard InChI is InChI=1S/C11H12N4O/c1-7-3-2-4-8(10(12)16)9(7)15-11-13-5-6-14-11/h2-6H,1H3,(H2,12,16)(H2,13,14,15). The molecule has 5 nitrogen and oxygen atoms in total. The lowest BCUT2D eigenvalue weighted by molar-refractivity contribution is 0.100. The van der Waals surface area contributed by atoms with Crippen LogP contribution in [0.1, 0.15) is 15.9 Å². The van der Waals surface area contributed by atoms with Crippen molar-refractivity contribution >= 4 is 17.5 Å². The number of para-hydroxylation sites is 1. The van der Waals surface area contributed by atoms with Gasteiger partial charge in [-0.05, 0) is 18.6 Å². The van der Waals surface area contributed by atoms with Crippen molar-refractivity contribution in [3.8, 4) is 0 Å². The monoisotopic (exact) mass is 216 g/mol. The number of H-pyrrole nitrogens is 1. The molecule has 16 heavy (non-hydrogen) atoms. The summed E-state index contributed by atoms with van der Waals surface area (Å²) in [6.07, 6.45) is 3.33. The quantitative estimate of drug-likeness (QED) is 0.728. The second-order valence-electron chi connectivity index (χ2n) is 3.42. The highest BCUT2D eigenvalue weighted by atomic mass is 16.1. The van der Waals surface area contributed by atoms with E-state index in [4.69, 9.17) is 5.73 Å². The Morgan fingerprint density at radius 3 is 2.94 bits per heavy atom. The number of aromatic nitrogens is 2. The average Bonchev–Trinajstić information content (AvgIpc) is 2.73. The van der Waals surface area contributed by atoms with Gasteiger partial charge in [0.2, 0.25) is 5.95 Å². The van der Waals surface area contributed by atoms with E-state index in [-0.39, 0.29) is 0 Å². The topological polar surface area (TPSA) is 83.8 Å². The van der Waals surface area contributed by atoms with E-state index in [0.717, 1.165) is 5.56 Å². The van der Waals surface area contributed by atoms with Crippen molar-refractivity contribution in [2.24, 2.45) is 5.73 Å². The largest absolute Gasteiger partial charge is 0.366 e. The minimum absolute atomic E-state index is 0.455. The Labute approximate surface area is 92.7 Å². The molecule has 82 valence electrons. The Kier molecular flexibility index (Phi) is 2.59. The van der Waals surface area contributed by atoms with Crippen LogP contribution in [0.25, 0.3) is 0 Å². The molecule has 0 aliphatic carbocycles. The first kappa shape index (κ1) is 10.2. The summed E-state index contributed by atoms with van der Waals surface area (Å²) in [4.78, 5) is 18.2. The van der Waals surface area contributed by atoms with Gasteiger partial charge in [0.05, 0.1) is 11.3 Å². The van der Waals surface area contributed by atoms with E-state index >= 15 is 0 Å². The van der Waals surface area contributed by atoms with Crippen LogP contribution in [0.2, 0.25) is 0 Å². The van der Waals surface area contributed by atoms with E-state index in [1.165, 1.54) is 0 Å². The molecule has 0 unspecified atom stereocenters. The van der Waals surface area contributed by atoms with Gasteiger partial charge in [0.15, 0.2) is 0 Å². The Morgan fingerprint density at radius 2 is 2.31 bits per heavy atom. The van der Waals surface area contributed by atoms with E-state index in [0.29, 0.717) is 17.2 Å². The van der Waals surface area contributed by atoms with Crippen molar-refractivity contribution in [1.29, 1.82) is 0 Å². The van der Waals surface area contributed by atoms with Gasteiger partial charge in [-0.3, -0.25) is 4.79 Å². The molecule has 2 aromatic rings. The van der Waals surface area contributed by atoms with Gasteiger partial charge in [-0.15, -0.1) is 0 Å². The fraction of sp³-hybridized carbons (Fsp3) is 0.0909. The van der Waals surface area contributed by atoms with Gasteiger partial charge in [0.25, 0.3) is 5.91 Å². The van der Waals surface area contributed by atoms with E-state index in [1.807, 2.05) is 13.0 Å². The van der Waals surface area contributed by atoms with Crippen LogP contribution in [-0.2, 0) is 0 Å². The molecule has 1 aromatic heterocycles. The number of amides is 1. The smallest absolute Gasteiger partial charge is 0.250 e.